The molecule has 0 aliphatic carbocycles. The van der Waals surface area contributed by atoms with E-state index in [0.717, 1.165) is 68.0 Å². The molecule has 0 amide bonds. The normalized spacial score (nSPS) is 19.0. The summed E-state index contributed by atoms with van der Waals surface area (Å²) in [6, 6.07) is 12.2. The van der Waals surface area contributed by atoms with Crippen LogP contribution < -0.4 is 14.9 Å². The van der Waals surface area contributed by atoms with Crippen LogP contribution in [0.2, 0.25) is 0 Å². The Morgan fingerprint density at radius 2 is 1.77 bits per heavy atom. The van der Waals surface area contributed by atoms with Crippen molar-refractivity contribution < 1.29 is 17.8 Å². The summed E-state index contributed by atoms with van der Waals surface area (Å²) in [6.45, 7) is 5.52. The average molecular weight is 563 g/mol. The minimum atomic E-state index is -1.68. The Kier molecular flexibility index (Phi) is 6.17. The number of H-pyrrole nitrogens is 1. The van der Waals surface area contributed by atoms with Crippen molar-refractivity contribution in [1.29, 1.82) is 0 Å². The maximum Gasteiger partial charge on any atom is 0.201 e. The molecular weight excluding hydrogens is 534 g/mol. The van der Waals surface area contributed by atoms with Crippen molar-refractivity contribution in [3.63, 3.8) is 0 Å². The van der Waals surface area contributed by atoms with Gasteiger partial charge < -0.3 is 15.2 Å². The maximum absolute atomic E-state index is 15.5. The number of pyridine rings is 1. The lowest BCUT2D eigenvalue weighted by molar-refractivity contribution is 0.103. The van der Waals surface area contributed by atoms with Gasteiger partial charge in [0.1, 0.15) is 11.5 Å². The van der Waals surface area contributed by atoms with Gasteiger partial charge in [0, 0.05) is 79.3 Å². The monoisotopic (exact) mass is 562 g/mol. The minimum Gasteiger partial charge on any atom is -0.370 e. The number of benzene rings is 2. The van der Waals surface area contributed by atoms with E-state index in [1.54, 1.807) is 16.6 Å². The minimum absolute atomic E-state index is 0.108. The number of fused-ring (bicyclic) bond motifs is 1. The molecule has 2 aromatic carbocycles. The molecule has 206 valence electrons. The van der Waals surface area contributed by atoms with Crippen molar-refractivity contribution in [3.05, 3.63) is 77.6 Å². The van der Waals surface area contributed by atoms with Gasteiger partial charge in [0.15, 0.2) is 17.0 Å². The second-order valence-electron chi connectivity index (χ2n) is 10.9. The number of ketones is 1. The predicted molar refractivity (Wildman–Crippen MR) is 151 cm³/mol. The fourth-order valence-corrected chi connectivity index (χ4v) is 6.91. The second-order valence-corrected chi connectivity index (χ2v) is 12.1. The average Bonchev–Trinajstić information content (AvgIpc) is 3.59. The molecule has 0 saturated carbocycles. The van der Waals surface area contributed by atoms with E-state index in [4.69, 9.17) is 0 Å². The Morgan fingerprint density at radius 3 is 2.48 bits per heavy atom. The fraction of sp³-hybridized carbons (Fsp3) is 0.310. The van der Waals surface area contributed by atoms with Gasteiger partial charge in [0.05, 0.1) is 11.3 Å². The Hall–Kier alpha value is -3.67. The first kappa shape index (κ1) is 25.3. The molecule has 40 heavy (non-hydrogen) atoms. The molecule has 0 radical (unpaired) electrons. The van der Waals surface area contributed by atoms with Crippen molar-refractivity contribution in [2.45, 2.75) is 12.8 Å². The zero-order chi connectivity index (χ0) is 27.4. The molecule has 5 heterocycles. The van der Waals surface area contributed by atoms with Crippen LogP contribution in [0, 0.1) is 17.0 Å². The predicted octanol–water partition coefficient (Wildman–Crippen LogP) is 4.24. The van der Waals surface area contributed by atoms with Crippen LogP contribution in [0.3, 0.4) is 0 Å². The smallest absolute Gasteiger partial charge is 0.201 e. The van der Waals surface area contributed by atoms with Crippen LogP contribution in [0.15, 0.2) is 54.9 Å². The van der Waals surface area contributed by atoms with E-state index >= 15 is 4.39 Å². The topological polar surface area (TPSA) is 93.4 Å². The number of hydrogen-bond acceptors (Lipinski definition) is 5. The first-order valence-corrected chi connectivity index (χ1v) is 14.5. The summed E-state index contributed by atoms with van der Waals surface area (Å²) in [6.07, 6.45) is 4.94. The van der Waals surface area contributed by atoms with Crippen LogP contribution in [0.1, 0.15) is 28.8 Å². The van der Waals surface area contributed by atoms with Crippen LogP contribution in [0.4, 0.5) is 20.2 Å². The number of aromatic nitrogens is 2. The third kappa shape index (κ3) is 4.29. The highest BCUT2D eigenvalue weighted by atomic mass is 32.2. The molecule has 0 bridgehead atoms. The number of anilines is 2. The fourth-order valence-electron chi connectivity index (χ4n) is 5.85. The van der Waals surface area contributed by atoms with Crippen LogP contribution in [0.5, 0.6) is 0 Å². The van der Waals surface area contributed by atoms with Gasteiger partial charge in [-0.15, -0.1) is 0 Å². The van der Waals surface area contributed by atoms with E-state index < -0.39 is 34.2 Å². The molecule has 7 rings (SSSR count). The molecule has 11 heteroatoms. The molecule has 3 fully saturated rings. The molecule has 1 spiro atoms. The van der Waals surface area contributed by atoms with E-state index in [1.807, 2.05) is 12.1 Å². The highest BCUT2D eigenvalue weighted by Crippen LogP contribution is 2.38. The van der Waals surface area contributed by atoms with E-state index in [9.17, 15) is 13.4 Å². The van der Waals surface area contributed by atoms with Gasteiger partial charge >= 0.3 is 0 Å². The molecule has 3 aliphatic heterocycles. The number of hydrogen-bond donors (Lipinski definition) is 3. The number of halogens is 2. The van der Waals surface area contributed by atoms with Crippen molar-refractivity contribution in [2.24, 2.45) is 5.41 Å². The largest absolute Gasteiger partial charge is 0.370 e. The van der Waals surface area contributed by atoms with Gasteiger partial charge in [-0.05, 0) is 48.7 Å². The summed E-state index contributed by atoms with van der Waals surface area (Å²) in [5, 5.41) is 3.81. The molecule has 3 N–H and O–H groups in total. The van der Waals surface area contributed by atoms with E-state index in [2.05, 4.69) is 37.0 Å². The van der Waals surface area contributed by atoms with E-state index in [1.165, 1.54) is 6.20 Å². The number of rotatable bonds is 7. The summed E-state index contributed by atoms with van der Waals surface area (Å²) < 4.78 is 47.2. The summed E-state index contributed by atoms with van der Waals surface area (Å²) in [7, 11) is 0. The van der Waals surface area contributed by atoms with Crippen molar-refractivity contribution in [1.82, 2.24) is 19.6 Å². The van der Waals surface area contributed by atoms with E-state index in [0.29, 0.717) is 29.5 Å². The summed E-state index contributed by atoms with van der Waals surface area (Å²) >= 11 is -1.68. The number of carbonyl (C=O) groups excluding carboxylic acids is 1. The zero-order valence-corrected chi connectivity index (χ0v) is 22.5. The summed E-state index contributed by atoms with van der Waals surface area (Å²) in [5.74, 6) is -2.88. The number of aromatic amines is 1. The Balaban J connectivity index is 1.15. The second kappa shape index (κ2) is 9.76. The standard InChI is InChI=1S/C29H28F2N6O2S/c30-23-7-8-24(35-40(39)37-9-1-2-10-37)26(31)25(23)27(38)22-13-34-28-21(22)11-19(12-33-28)18-3-5-20(6-4-18)36-16-29(17-36)14-32-15-29/h3-8,11-13,32,35H,1-2,9-10,14-17H2,(H,33,34). The summed E-state index contributed by atoms with van der Waals surface area (Å²) in [5.41, 5.74) is 2.97. The van der Waals surface area contributed by atoms with E-state index in [-0.39, 0.29) is 11.3 Å². The third-order valence-corrected chi connectivity index (χ3v) is 9.44. The number of carbonyl (C=O) groups is 1. The Morgan fingerprint density at radius 1 is 1.02 bits per heavy atom. The maximum atomic E-state index is 15.5. The van der Waals surface area contributed by atoms with Gasteiger partial charge in [-0.3, -0.25) is 9.52 Å². The molecular formula is C29H28F2N6O2S. The summed E-state index contributed by atoms with van der Waals surface area (Å²) in [4.78, 5) is 23.2. The van der Waals surface area contributed by atoms with Gasteiger partial charge in [-0.1, -0.05) is 12.1 Å². The molecule has 8 nitrogen and oxygen atoms in total. The third-order valence-electron chi connectivity index (χ3n) is 8.21. The first-order chi connectivity index (χ1) is 19.4. The van der Waals surface area contributed by atoms with Crippen molar-refractivity contribution in [3.8, 4) is 11.1 Å². The van der Waals surface area contributed by atoms with Gasteiger partial charge in [-0.2, -0.15) is 0 Å². The van der Waals surface area contributed by atoms with Crippen LogP contribution in [-0.2, 0) is 11.2 Å². The molecule has 1 unspecified atom stereocenters. The van der Waals surface area contributed by atoms with Crippen LogP contribution in [-0.4, -0.2) is 63.5 Å². The lowest BCUT2D eigenvalue weighted by Crippen LogP contribution is -2.71. The van der Waals surface area contributed by atoms with Crippen molar-refractivity contribution >= 4 is 39.4 Å². The zero-order valence-electron chi connectivity index (χ0n) is 21.7. The number of nitrogens with zero attached hydrogens (tertiary/aromatic N) is 3. The highest BCUT2D eigenvalue weighted by Gasteiger charge is 2.47. The SMILES string of the molecule is O=C(c1c(F)ccc(NS(=O)N2CCCC2)c1F)c1c[nH]c2ncc(-c3ccc(N4CC5(CNC5)C4)cc3)cc12. The lowest BCUT2D eigenvalue weighted by Gasteiger charge is -2.57. The molecule has 4 aromatic rings. The van der Waals surface area contributed by atoms with Gasteiger partial charge in [0.2, 0.25) is 5.78 Å². The number of nitrogens with one attached hydrogen (secondary N) is 3. The molecule has 3 aliphatic rings. The van der Waals surface area contributed by atoms with Gasteiger partial charge in [-0.25, -0.2) is 22.3 Å². The van der Waals surface area contributed by atoms with Gasteiger partial charge in [0.25, 0.3) is 0 Å². The Labute approximate surface area is 232 Å². The Bertz CT molecular complexity index is 1640. The molecule has 1 atom stereocenters. The van der Waals surface area contributed by atoms with Crippen LogP contribution >= 0.6 is 0 Å². The lowest BCUT2D eigenvalue weighted by atomic mass is 9.74. The first-order valence-electron chi connectivity index (χ1n) is 13.4. The highest BCUT2D eigenvalue weighted by molar-refractivity contribution is 7.84. The molecule has 2 aromatic heterocycles. The van der Waals surface area contributed by atoms with Crippen LogP contribution in [0.25, 0.3) is 22.2 Å². The molecule has 3 saturated heterocycles. The van der Waals surface area contributed by atoms with Crippen molar-refractivity contribution in [2.75, 3.05) is 48.9 Å². The quantitative estimate of drug-likeness (QED) is 0.293.